The Morgan fingerprint density at radius 1 is 0.765 bits per heavy atom. The molecule has 6 N–H and O–H groups in total. The first-order chi connectivity index (χ1) is 8.20. The minimum Gasteiger partial charge on any atom is -0.356 e. The van der Waals surface area contributed by atoms with Crippen molar-refractivity contribution in [2.24, 2.45) is 11.5 Å². The highest BCUT2D eigenvalue weighted by molar-refractivity contribution is 5.78. The van der Waals surface area contributed by atoms with E-state index in [0.717, 1.165) is 12.8 Å². The molecule has 2 amide bonds. The second-order valence-corrected chi connectivity index (χ2v) is 3.84. The summed E-state index contributed by atoms with van der Waals surface area (Å²) in [6.07, 6.45) is 2.91. The third kappa shape index (κ3) is 11.1. The summed E-state index contributed by atoms with van der Waals surface area (Å²) < 4.78 is 0. The van der Waals surface area contributed by atoms with E-state index in [2.05, 4.69) is 10.6 Å². The number of hydrogen-bond acceptors (Lipinski definition) is 4. The molecule has 0 aliphatic carbocycles. The predicted molar refractivity (Wildman–Crippen MR) is 67.2 cm³/mol. The van der Waals surface area contributed by atoms with Gasteiger partial charge in [-0.15, -0.1) is 0 Å². The topological polar surface area (TPSA) is 110 Å². The number of amides is 2. The Balaban J connectivity index is 3.36. The van der Waals surface area contributed by atoms with Gasteiger partial charge in [0, 0.05) is 25.9 Å². The molecule has 0 bridgehead atoms. The van der Waals surface area contributed by atoms with Crippen molar-refractivity contribution in [3.05, 3.63) is 0 Å². The molecule has 0 aromatic rings. The monoisotopic (exact) mass is 244 g/mol. The van der Waals surface area contributed by atoms with Crippen molar-refractivity contribution in [3.8, 4) is 0 Å². The molecule has 0 aliphatic heterocycles. The number of nitrogens with one attached hydrogen (secondary N) is 2. The molecular formula is C11H24N4O2. The van der Waals surface area contributed by atoms with Crippen LogP contribution >= 0.6 is 0 Å². The second-order valence-electron chi connectivity index (χ2n) is 3.84. The van der Waals surface area contributed by atoms with Crippen molar-refractivity contribution in [2.75, 3.05) is 26.2 Å². The summed E-state index contributed by atoms with van der Waals surface area (Å²) in [7, 11) is 0. The van der Waals surface area contributed by atoms with Gasteiger partial charge in [-0.2, -0.15) is 0 Å². The van der Waals surface area contributed by atoms with E-state index < -0.39 is 0 Å². The average molecular weight is 244 g/mol. The van der Waals surface area contributed by atoms with Crippen molar-refractivity contribution >= 4 is 11.8 Å². The zero-order chi connectivity index (χ0) is 12.9. The summed E-state index contributed by atoms with van der Waals surface area (Å²) in [5.74, 6) is -0.0404. The van der Waals surface area contributed by atoms with Gasteiger partial charge in [0.1, 0.15) is 0 Å². The lowest BCUT2D eigenvalue weighted by Crippen LogP contribution is -2.27. The van der Waals surface area contributed by atoms with Crippen LogP contribution in [0, 0.1) is 0 Å². The largest absolute Gasteiger partial charge is 0.356 e. The molecule has 0 fully saturated rings. The maximum atomic E-state index is 11.3. The SMILES string of the molecule is NCCCNC(=O)CCCC(=O)NCCCN. The number of carbonyl (C=O) groups is 2. The van der Waals surface area contributed by atoms with E-state index in [1.807, 2.05) is 0 Å². The van der Waals surface area contributed by atoms with Crippen molar-refractivity contribution in [1.82, 2.24) is 10.6 Å². The second kappa shape index (κ2) is 11.3. The fourth-order valence-corrected chi connectivity index (χ4v) is 1.25. The summed E-state index contributed by atoms with van der Waals surface area (Å²) in [5, 5.41) is 5.48. The Labute approximate surface area is 102 Å². The highest BCUT2D eigenvalue weighted by atomic mass is 16.2. The van der Waals surface area contributed by atoms with Gasteiger partial charge < -0.3 is 22.1 Å². The van der Waals surface area contributed by atoms with E-state index in [1.165, 1.54) is 0 Å². The minimum atomic E-state index is -0.0202. The number of carbonyl (C=O) groups excluding carboxylic acids is 2. The third-order valence-corrected chi connectivity index (χ3v) is 2.21. The molecule has 0 aliphatic rings. The van der Waals surface area contributed by atoms with E-state index in [1.54, 1.807) is 0 Å². The fraction of sp³-hybridized carbons (Fsp3) is 0.818. The smallest absolute Gasteiger partial charge is 0.220 e. The lowest BCUT2D eigenvalue weighted by atomic mass is 10.2. The molecule has 0 aromatic carbocycles. The number of nitrogens with two attached hydrogens (primary N) is 2. The first kappa shape index (κ1) is 15.9. The van der Waals surface area contributed by atoms with Crippen molar-refractivity contribution in [1.29, 1.82) is 0 Å². The van der Waals surface area contributed by atoms with Gasteiger partial charge in [0.2, 0.25) is 11.8 Å². The molecule has 0 saturated carbocycles. The highest BCUT2D eigenvalue weighted by Crippen LogP contribution is 1.95. The zero-order valence-corrected chi connectivity index (χ0v) is 10.3. The predicted octanol–water partition coefficient (Wildman–Crippen LogP) is -0.913. The highest BCUT2D eigenvalue weighted by Gasteiger charge is 2.04. The van der Waals surface area contributed by atoms with E-state index in [0.29, 0.717) is 45.4 Å². The van der Waals surface area contributed by atoms with E-state index >= 15 is 0 Å². The van der Waals surface area contributed by atoms with E-state index in [4.69, 9.17) is 11.5 Å². The quantitative estimate of drug-likeness (QED) is 0.373. The van der Waals surface area contributed by atoms with Crippen molar-refractivity contribution in [3.63, 3.8) is 0 Å². The molecule has 6 heteroatoms. The van der Waals surface area contributed by atoms with E-state index in [-0.39, 0.29) is 11.8 Å². The lowest BCUT2D eigenvalue weighted by Gasteiger charge is -2.05. The van der Waals surface area contributed by atoms with Crippen LogP contribution in [0.3, 0.4) is 0 Å². The summed E-state index contributed by atoms with van der Waals surface area (Å²) in [6.45, 7) is 2.36. The summed E-state index contributed by atoms with van der Waals surface area (Å²) >= 11 is 0. The number of hydrogen-bond donors (Lipinski definition) is 4. The Kier molecular flexibility index (Phi) is 10.6. The lowest BCUT2D eigenvalue weighted by molar-refractivity contribution is -0.122. The Morgan fingerprint density at radius 3 is 1.53 bits per heavy atom. The zero-order valence-electron chi connectivity index (χ0n) is 10.3. The van der Waals surface area contributed by atoms with E-state index in [9.17, 15) is 9.59 Å². The van der Waals surface area contributed by atoms with Gasteiger partial charge in [0.25, 0.3) is 0 Å². The van der Waals surface area contributed by atoms with Gasteiger partial charge in [-0.1, -0.05) is 0 Å². The van der Waals surface area contributed by atoms with Gasteiger partial charge >= 0.3 is 0 Å². The summed E-state index contributed by atoms with van der Waals surface area (Å²) in [4.78, 5) is 22.5. The Hall–Kier alpha value is -1.14. The normalized spacial score (nSPS) is 10.0. The first-order valence-corrected chi connectivity index (χ1v) is 6.14. The van der Waals surface area contributed by atoms with Crippen LogP contribution in [0.1, 0.15) is 32.1 Å². The molecular weight excluding hydrogens is 220 g/mol. The fourth-order valence-electron chi connectivity index (χ4n) is 1.25. The third-order valence-electron chi connectivity index (χ3n) is 2.21. The standard InChI is InChI=1S/C11H24N4O2/c12-6-2-8-14-10(16)4-1-5-11(17)15-9-3-7-13/h1-9,12-13H2,(H,14,16)(H,15,17). The molecule has 0 spiro atoms. The molecule has 17 heavy (non-hydrogen) atoms. The number of rotatable bonds is 10. The van der Waals surface area contributed by atoms with Crippen LogP contribution in [-0.4, -0.2) is 38.0 Å². The van der Waals surface area contributed by atoms with Gasteiger partial charge in [-0.05, 0) is 32.4 Å². The van der Waals surface area contributed by atoms with Gasteiger partial charge in [0.05, 0.1) is 0 Å². The average Bonchev–Trinajstić information content (AvgIpc) is 2.30. The maximum absolute atomic E-state index is 11.3. The van der Waals surface area contributed by atoms with Crippen LogP contribution in [0.4, 0.5) is 0 Å². The molecule has 0 atom stereocenters. The van der Waals surface area contributed by atoms with Crippen LogP contribution in [0.15, 0.2) is 0 Å². The molecule has 0 rings (SSSR count). The van der Waals surface area contributed by atoms with Crippen molar-refractivity contribution in [2.45, 2.75) is 32.1 Å². The van der Waals surface area contributed by atoms with Crippen LogP contribution in [0.5, 0.6) is 0 Å². The van der Waals surface area contributed by atoms with Crippen LogP contribution in [0.2, 0.25) is 0 Å². The Morgan fingerprint density at radius 2 is 1.18 bits per heavy atom. The van der Waals surface area contributed by atoms with Gasteiger partial charge in [-0.25, -0.2) is 0 Å². The molecule has 100 valence electrons. The summed E-state index contributed by atoms with van der Waals surface area (Å²) in [6, 6.07) is 0. The maximum Gasteiger partial charge on any atom is 0.220 e. The molecule has 6 nitrogen and oxygen atoms in total. The van der Waals surface area contributed by atoms with Crippen LogP contribution < -0.4 is 22.1 Å². The summed E-state index contributed by atoms with van der Waals surface area (Å²) in [5.41, 5.74) is 10.6. The molecule has 0 unspecified atom stereocenters. The van der Waals surface area contributed by atoms with Gasteiger partial charge in [0.15, 0.2) is 0 Å². The minimum absolute atomic E-state index is 0.0202. The van der Waals surface area contributed by atoms with Crippen LogP contribution in [-0.2, 0) is 9.59 Å². The van der Waals surface area contributed by atoms with Gasteiger partial charge in [-0.3, -0.25) is 9.59 Å². The molecule has 0 radical (unpaired) electrons. The molecule has 0 heterocycles. The molecule has 0 saturated heterocycles. The van der Waals surface area contributed by atoms with Crippen LogP contribution in [0.25, 0.3) is 0 Å². The Bertz CT molecular complexity index is 200. The van der Waals surface area contributed by atoms with Crippen molar-refractivity contribution < 1.29 is 9.59 Å². The first-order valence-electron chi connectivity index (χ1n) is 6.14. The molecule has 0 aromatic heterocycles.